The molecule has 11 heteroatoms. The first-order valence-corrected chi connectivity index (χ1v) is 28.1. The van der Waals surface area contributed by atoms with E-state index in [2.05, 4.69) is 49.9 Å². The number of amides is 1. The summed E-state index contributed by atoms with van der Waals surface area (Å²) >= 11 is 0. The number of halogens is 1. The lowest BCUT2D eigenvalue weighted by atomic mass is 9.55. The number of nitrogens with zero attached hydrogens (tertiary/aromatic N) is 2. The van der Waals surface area contributed by atoms with Gasteiger partial charge in [0, 0.05) is 50.5 Å². The van der Waals surface area contributed by atoms with Crippen molar-refractivity contribution in [1.82, 2.24) is 4.90 Å². The Hall–Kier alpha value is -5.33. The molecule has 2 aliphatic carbocycles. The van der Waals surface area contributed by atoms with E-state index in [1.165, 1.54) is 44.2 Å². The maximum Gasteiger partial charge on any atom is 0.239 e. The Morgan fingerprint density at radius 3 is 2.23 bits per heavy atom. The Kier molecular flexibility index (Phi) is 20.8. The van der Waals surface area contributed by atoms with Crippen LogP contribution < -0.4 is 9.47 Å². The van der Waals surface area contributed by atoms with Crippen molar-refractivity contribution in [3.8, 4) is 28.4 Å². The molecule has 1 saturated heterocycles. The number of benzene rings is 4. The minimum atomic E-state index is -1.44. The Morgan fingerprint density at radius 1 is 0.824 bits per heavy atom. The van der Waals surface area contributed by atoms with Gasteiger partial charge in [-0.3, -0.25) is 4.79 Å². The lowest BCUT2D eigenvalue weighted by Crippen LogP contribution is -2.70. The Balaban J connectivity index is 1.24. The summed E-state index contributed by atoms with van der Waals surface area (Å²) in [6.45, 7) is 7.49. The third-order valence-electron chi connectivity index (χ3n) is 15.7. The van der Waals surface area contributed by atoms with Crippen LogP contribution >= 0.6 is 0 Å². The maximum absolute atomic E-state index is 15.3. The fraction of sp³-hybridized carbons (Fsp3) is 0.524. The first-order valence-electron chi connectivity index (χ1n) is 28.1. The molecule has 7 atom stereocenters. The van der Waals surface area contributed by atoms with E-state index < -0.39 is 24.0 Å². The summed E-state index contributed by atoms with van der Waals surface area (Å²) in [5.74, 6) is -0.430. The number of aliphatic hydroxyl groups is 2. The van der Waals surface area contributed by atoms with Crippen LogP contribution in [0.2, 0.25) is 0 Å². The van der Waals surface area contributed by atoms with Crippen molar-refractivity contribution >= 4 is 11.6 Å². The van der Waals surface area contributed by atoms with Gasteiger partial charge in [-0.25, -0.2) is 4.39 Å². The lowest BCUT2D eigenvalue weighted by molar-refractivity contribution is -0.258. The molecule has 2 N–H and O–H groups in total. The summed E-state index contributed by atoms with van der Waals surface area (Å²) in [4.78, 5) is 23.6. The van der Waals surface area contributed by atoms with E-state index >= 15 is 4.79 Å². The van der Waals surface area contributed by atoms with Gasteiger partial charge in [0.2, 0.25) is 18.0 Å². The van der Waals surface area contributed by atoms with Crippen molar-refractivity contribution < 1.29 is 43.2 Å². The van der Waals surface area contributed by atoms with Gasteiger partial charge in [-0.1, -0.05) is 143 Å². The van der Waals surface area contributed by atoms with Gasteiger partial charge >= 0.3 is 0 Å². The van der Waals surface area contributed by atoms with Crippen LogP contribution in [0.4, 0.5) is 4.39 Å². The van der Waals surface area contributed by atoms with Crippen molar-refractivity contribution in [3.63, 3.8) is 0 Å². The monoisotopic (exact) mass is 1010 g/mol. The van der Waals surface area contributed by atoms with Gasteiger partial charge in [-0.05, 0) is 122 Å². The van der Waals surface area contributed by atoms with Crippen molar-refractivity contribution in [2.75, 3.05) is 26.4 Å². The van der Waals surface area contributed by atoms with Crippen molar-refractivity contribution in [3.05, 3.63) is 138 Å². The molecule has 2 fully saturated rings. The van der Waals surface area contributed by atoms with Gasteiger partial charge in [0.15, 0.2) is 0 Å². The molecular weight excluding hydrogens is 932 g/mol. The average Bonchev–Trinajstić information content (AvgIpc) is 3.43. The normalized spacial score (nSPS) is 23.5. The molecule has 4 aromatic rings. The van der Waals surface area contributed by atoms with Gasteiger partial charge in [-0.15, -0.1) is 6.58 Å². The number of carbonyl (C=O) groups is 1. The average molecular weight is 1010 g/mol. The Labute approximate surface area is 440 Å². The van der Waals surface area contributed by atoms with Gasteiger partial charge in [0.1, 0.15) is 29.1 Å². The van der Waals surface area contributed by atoms with Crippen LogP contribution in [-0.4, -0.2) is 71.3 Å². The van der Waals surface area contributed by atoms with Crippen LogP contribution in [0.1, 0.15) is 152 Å². The number of ether oxygens (including phenoxy) is 4. The lowest BCUT2D eigenvalue weighted by Gasteiger charge is -2.60. The zero-order chi connectivity index (χ0) is 51.5. The van der Waals surface area contributed by atoms with E-state index in [1.54, 1.807) is 18.2 Å². The molecular formula is C63H81FN2O8. The molecule has 0 radical (unpaired) electrons. The molecule has 4 aromatic carbocycles. The summed E-state index contributed by atoms with van der Waals surface area (Å²) < 4.78 is 42.2. The molecule has 0 spiro atoms. The number of hydrogen-bond donors (Lipinski definition) is 2. The standard InChI is InChI=1S/C63H81FN2O8/c1-3-5-6-7-8-9-10-11-15-26-59(69)66(45-46-28-32-50(64)33-29-46)58-44-56(65-74-60-27-18-21-41-70-60)54-42-49(24-16-19-38-67)53(25-17-20-39-68)61-55-43-52(36-37-57(55)73-63(58,62(54)61)71-40-4-2)72-51-34-30-48(31-35-51)47-22-13-12-14-23-47/h4,12-14,22-23,28-37,42-43,49,53,58,60-62,67-68H,2-3,5-11,15-21,24-27,38-41,44-45H2,1H3/t49-,53+,58-,60?,61+,62+,63+/m0/s1. The van der Waals surface area contributed by atoms with E-state index in [0.717, 1.165) is 104 Å². The minimum absolute atomic E-state index is 0.0303. The number of rotatable bonds is 29. The summed E-state index contributed by atoms with van der Waals surface area (Å²) in [6, 6.07) is 30.1. The van der Waals surface area contributed by atoms with E-state index in [9.17, 15) is 14.6 Å². The molecule has 398 valence electrons. The number of oxime groups is 1. The number of hydrogen-bond acceptors (Lipinski definition) is 9. The van der Waals surface area contributed by atoms with Crippen LogP contribution in [0, 0.1) is 23.6 Å². The van der Waals surface area contributed by atoms with E-state index in [-0.39, 0.29) is 62.3 Å². The molecule has 0 bridgehead atoms. The second-order valence-electron chi connectivity index (χ2n) is 20.9. The summed E-state index contributed by atoms with van der Waals surface area (Å²) in [5, 5.41) is 25.3. The molecule has 8 rings (SSSR count). The van der Waals surface area contributed by atoms with Gasteiger partial charge in [-0.2, -0.15) is 0 Å². The van der Waals surface area contributed by atoms with Crippen LogP contribution in [-0.2, 0) is 25.7 Å². The highest BCUT2D eigenvalue weighted by molar-refractivity contribution is 6.03. The second-order valence-corrected chi connectivity index (χ2v) is 20.9. The minimum Gasteiger partial charge on any atom is -0.459 e. The van der Waals surface area contributed by atoms with Crippen LogP contribution in [0.3, 0.4) is 0 Å². The van der Waals surface area contributed by atoms with Gasteiger partial charge < -0.3 is 38.9 Å². The van der Waals surface area contributed by atoms with Crippen molar-refractivity contribution in [2.24, 2.45) is 22.9 Å². The van der Waals surface area contributed by atoms with E-state index in [0.29, 0.717) is 43.1 Å². The predicted molar refractivity (Wildman–Crippen MR) is 290 cm³/mol. The quantitative estimate of drug-likeness (QED) is 0.0314. The highest BCUT2D eigenvalue weighted by atomic mass is 19.1. The summed E-state index contributed by atoms with van der Waals surface area (Å²) in [5.41, 5.74) is 5.66. The van der Waals surface area contributed by atoms with Gasteiger partial charge in [0.25, 0.3) is 0 Å². The highest BCUT2D eigenvalue weighted by Crippen LogP contribution is 2.62. The first kappa shape index (κ1) is 54.9. The van der Waals surface area contributed by atoms with E-state index in [1.807, 2.05) is 47.4 Å². The maximum atomic E-state index is 15.3. The molecule has 1 unspecified atom stereocenters. The zero-order valence-corrected chi connectivity index (χ0v) is 43.9. The molecule has 2 aliphatic heterocycles. The summed E-state index contributed by atoms with van der Waals surface area (Å²) in [6.07, 6.45) is 21.6. The number of carbonyl (C=O) groups excluding carboxylic acids is 1. The van der Waals surface area contributed by atoms with E-state index in [4.69, 9.17) is 28.9 Å². The largest absolute Gasteiger partial charge is 0.459 e. The Morgan fingerprint density at radius 2 is 1.53 bits per heavy atom. The van der Waals surface area contributed by atoms with Crippen LogP contribution in [0.25, 0.3) is 11.1 Å². The molecule has 1 amide bonds. The first-order chi connectivity index (χ1) is 36.3. The molecule has 10 nitrogen and oxygen atoms in total. The molecule has 0 aromatic heterocycles. The van der Waals surface area contributed by atoms with Crippen molar-refractivity contribution in [2.45, 2.75) is 166 Å². The van der Waals surface area contributed by atoms with Crippen LogP contribution in [0.15, 0.2) is 127 Å². The smallest absolute Gasteiger partial charge is 0.239 e. The highest BCUT2D eigenvalue weighted by Gasteiger charge is 2.65. The number of fused-ring (bicyclic) bond motifs is 2. The molecule has 4 aliphatic rings. The third-order valence-corrected chi connectivity index (χ3v) is 15.7. The predicted octanol–water partition coefficient (Wildman–Crippen LogP) is 14.4. The fourth-order valence-electron chi connectivity index (χ4n) is 12.0. The van der Waals surface area contributed by atoms with Gasteiger partial charge in [0.05, 0.1) is 24.8 Å². The number of unbranched alkanes of at least 4 members (excludes halogenated alkanes) is 10. The number of aliphatic hydroxyl groups excluding tert-OH is 2. The van der Waals surface area contributed by atoms with Crippen molar-refractivity contribution in [1.29, 1.82) is 0 Å². The zero-order valence-electron chi connectivity index (χ0n) is 43.9. The SMILES string of the molecule is C=CCO[C@@]12Oc3ccc(Oc4ccc(-c5ccccc5)cc4)cc3[C@H]3[C@H](CCCCO)[C@@H](CCCCO)C=C(C(=NOC4CCCCO4)C[C@@H]1N(Cc1ccc(F)cc1)C(=O)CCCCCCCCCCC)[C@H]32. The molecule has 2 heterocycles. The molecule has 1 saturated carbocycles. The third kappa shape index (κ3) is 13.9. The topological polar surface area (TPSA) is 119 Å². The second kappa shape index (κ2) is 28.0. The number of allylic oxidation sites excluding steroid dienone is 1. The fourth-order valence-corrected chi connectivity index (χ4v) is 12.0. The Bertz CT molecular complexity index is 2420. The molecule has 74 heavy (non-hydrogen) atoms. The summed E-state index contributed by atoms with van der Waals surface area (Å²) in [7, 11) is 0. The van der Waals surface area contributed by atoms with Crippen LogP contribution in [0.5, 0.6) is 17.2 Å².